The standard InChI is InChI=1S/C12H17NO4S/c1-16-11-6-10(13)2-3-12(11)18(14,15)8-9-4-5-17-7-9/h2-3,6,9H,4-5,7-8,13H2,1H3. The van der Waals surface area contributed by atoms with Crippen molar-refractivity contribution in [2.24, 2.45) is 5.92 Å². The molecule has 1 aliphatic heterocycles. The summed E-state index contributed by atoms with van der Waals surface area (Å²) in [7, 11) is -1.93. The summed E-state index contributed by atoms with van der Waals surface area (Å²) in [5, 5.41) is 0. The molecule has 1 heterocycles. The number of benzene rings is 1. The minimum Gasteiger partial charge on any atom is -0.495 e. The van der Waals surface area contributed by atoms with Gasteiger partial charge < -0.3 is 15.2 Å². The monoisotopic (exact) mass is 271 g/mol. The highest BCUT2D eigenvalue weighted by Gasteiger charge is 2.27. The van der Waals surface area contributed by atoms with Crippen molar-refractivity contribution in [1.29, 1.82) is 0 Å². The van der Waals surface area contributed by atoms with E-state index in [0.29, 0.717) is 24.7 Å². The van der Waals surface area contributed by atoms with Crippen LogP contribution in [0.1, 0.15) is 6.42 Å². The summed E-state index contributed by atoms with van der Waals surface area (Å²) in [5.74, 6) is 0.457. The van der Waals surface area contributed by atoms with Gasteiger partial charge in [-0.1, -0.05) is 0 Å². The Morgan fingerprint density at radius 3 is 2.89 bits per heavy atom. The maximum Gasteiger partial charge on any atom is 0.182 e. The van der Waals surface area contributed by atoms with Gasteiger partial charge in [-0.2, -0.15) is 0 Å². The van der Waals surface area contributed by atoms with Crippen LogP contribution in [-0.4, -0.2) is 34.5 Å². The molecule has 0 bridgehead atoms. The highest BCUT2D eigenvalue weighted by atomic mass is 32.2. The lowest BCUT2D eigenvalue weighted by Crippen LogP contribution is -2.17. The average molecular weight is 271 g/mol. The topological polar surface area (TPSA) is 78.6 Å². The Labute approximate surface area is 107 Å². The molecule has 1 aliphatic rings. The molecule has 1 aromatic rings. The van der Waals surface area contributed by atoms with Crippen LogP contribution in [0, 0.1) is 5.92 Å². The van der Waals surface area contributed by atoms with E-state index in [1.54, 1.807) is 6.07 Å². The number of ether oxygens (including phenoxy) is 2. The van der Waals surface area contributed by atoms with E-state index in [1.165, 1.54) is 19.2 Å². The van der Waals surface area contributed by atoms with Gasteiger partial charge in [-0.15, -0.1) is 0 Å². The zero-order valence-corrected chi connectivity index (χ0v) is 11.1. The van der Waals surface area contributed by atoms with E-state index in [-0.39, 0.29) is 16.6 Å². The summed E-state index contributed by atoms with van der Waals surface area (Å²) in [5.41, 5.74) is 6.10. The molecule has 1 aromatic carbocycles. The average Bonchev–Trinajstić information content (AvgIpc) is 2.80. The van der Waals surface area contributed by atoms with Gasteiger partial charge in [0.05, 0.1) is 19.5 Å². The van der Waals surface area contributed by atoms with Crippen LogP contribution in [-0.2, 0) is 14.6 Å². The Balaban J connectivity index is 2.28. The lowest BCUT2D eigenvalue weighted by Gasteiger charge is -2.12. The van der Waals surface area contributed by atoms with Crippen molar-refractivity contribution in [3.8, 4) is 5.75 Å². The fourth-order valence-corrected chi connectivity index (χ4v) is 3.84. The van der Waals surface area contributed by atoms with E-state index in [0.717, 1.165) is 6.42 Å². The quantitative estimate of drug-likeness (QED) is 0.829. The van der Waals surface area contributed by atoms with E-state index in [4.69, 9.17) is 15.2 Å². The number of methoxy groups -OCH3 is 1. The van der Waals surface area contributed by atoms with Gasteiger partial charge in [-0.05, 0) is 24.5 Å². The molecule has 18 heavy (non-hydrogen) atoms. The van der Waals surface area contributed by atoms with Gasteiger partial charge in [0.25, 0.3) is 0 Å². The summed E-state index contributed by atoms with van der Waals surface area (Å²) >= 11 is 0. The van der Waals surface area contributed by atoms with E-state index in [9.17, 15) is 8.42 Å². The Hall–Kier alpha value is -1.27. The molecule has 1 atom stereocenters. The molecule has 1 saturated heterocycles. The van der Waals surface area contributed by atoms with Crippen LogP contribution in [0.2, 0.25) is 0 Å². The smallest absolute Gasteiger partial charge is 0.182 e. The summed E-state index contributed by atoms with van der Waals surface area (Å²) in [4.78, 5) is 0.200. The van der Waals surface area contributed by atoms with Gasteiger partial charge in [-0.25, -0.2) is 8.42 Å². The second-order valence-corrected chi connectivity index (χ2v) is 6.42. The Morgan fingerprint density at radius 1 is 1.50 bits per heavy atom. The maximum absolute atomic E-state index is 12.3. The molecule has 2 N–H and O–H groups in total. The number of rotatable bonds is 4. The maximum atomic E-state index is 12.3. The minimum absolute atomic E-state index is 0.0669. The normalized spacial score (nSPS) is 19.9. The van der Waals surface area contributed by atoms with Crippen molar-refractivity contribution in [2.75, 3.05) is 31.8 Å². The van der Waals surface area contributed by atoms with Crippen LogP contribution >= 0.6 is 0 Å². The van der Waals surface area contributed by atoms with Crippen molar-refractivity contribution in [1.82, 2.24) is 0 Å². The van der Waals surface area contributed by atoms with Gasteiger partial charge in [0.1, 0.15) is 10.6 Å². The van der Waals surface area contributed by atoms with E-state index in [1.807, 2.05) is 0 Å². The number of sulfone groups is 1. The molecule has 1 unspecified atom stereocenters. The summed E-state index contributed by atoms with van der Waals surface area (Å²) < 4.78 is 34.9. The molecule has 5 nitrogen and oxygen atoms in total. The van der Waals surface area contributed by atoms with Gasteiger partial charge in [-0.3, -0.25) is 0 Å². The number of nitrogens with two attached hydrogens (primary N) is 1. The molecule has 0 amide bonds. The van der Waals surface area contributed by atoms with Crippen LogP contribution < -0.4 is 10.5 Å². The number of anilines is 1. The van der Waals surface area contributed by atoms with E-state index >= 15 is 0 Å². The van der Waals surface area contributed by atoms with Gasteiger partial charge in [0.2, 0.25) is 0 Å². The van der Waals surface area contributed by atoms with Gasteiger partial charge in [0, 0.05) is 18.4 Å². The van der Waals surface area contributed by atoms with Crippen molar-refractivity contribution >= 4 is 15.5 Å². The first-order valence-electron chi connectivity index (χ1n) is 5.77. The zero-order chi connectivity index (χ0) is 13.2. The van der Waals surface area contributed by atoms with Crippen molar-refractivity contribution in [3.63, 3.8) is 0 Å². The molecule has 0 radical (unpaired) electrons. The minimum atomic E-state index is -3.36. The molecular formula is C12H17NO4S. The molecule has 100 valence electrons. The summed E-state index contributed by atoms with van der Waals surface area (Å²) in [6.45, 7) is 1.15. The van der Waals surface area contributed by atoms with Crippen LogP contribution in [0.15, 0.2) is 23.1 Å². The fourth-order valence-electron chi connectivity index (χ4n) is 2.06. The van der Waals surface area contributed by atoms with Crippen LogP contribution in [0.5, 0.6) is 5.75 Å². The Bertz CT molecular complexity index is 521. The first-order valence-corrected chi connectivity index (χ1v) is 7.42. The molecular weight excluding hydrogens is 254 g/mol. The SMILES string of the molecule is COc1cc(N)ccc1S(=O)(=O)CC1CCOC1. The molecule has 2 rings (SSSR count). The molecule has 0 saturated carbocycles. The molecule has 0 spiro atoms. The lowest BCUT2D eigenvalue weighted by molar-refractivity contribution is 0.188. The lowest BCUT2D eigenvalue weighted by atomic mass is 10.2. The van der Waals surface area contributed by atoms with Crippen LogP contribution in [0.3, 0.4) is 0 Å². The van der Waals surface area contributed by atoms with Crippen molar-refractivity contribution in [3.05, 3.63) is 18.2 Å². The first kappa shape index (κ1) is 13.2. The largest absolute Gasteiger partial charge is 0.495 e. The Morgan fingerprint density at radius 2 is 2.28 bits per heavy atom. The van der Waals surface area contributed by atoms with Gasteiger partial charge >= 0.3 is 0 Å². The number of nitrogen functional groups attached to an aromatic ring is 1. The molecule has 6 heteroatoms. The van der Waals surface area contributed by atoms with Gasteiger partial charge in [0.15, 0.2) is 9.84 Å². The molecule has 1 fully saturated rings. The van der Waals surface area contributed by atoms with E-state index < -0.39 is 9.84 Å². The molecule has 0 aromatic heterocycles. The summed E-state index contributed by atoms with van der Waals surface area (Å²) in [6.07, 6.45) is 0.788. The van der Waals surface area contributed by atoms with Crippen molar-refractivity contribution < 1.29 is 17.9 Å². The fraction of sp³-hybridized carbons (Fsp3) is 0.500. The summed E-state index contributed by atoms with van der Waals surface area (Å²) in [6, 6.07) is 4.60. The number of hydrogen-bond donors (Lipinski definition) is 1. The second kappa shape index (κ2) is 5.16. The third-order valence-corrected chi connectivity index (χ3v) is 4.92. The predicted octanol–water partition coefficient (Wildman–Crippen LogP) is 1.09. The highest BCUT2D eigenvalue weighted by molar-refractivity contribution is 7.91. The van der Waals surface area contributed by atoms with E-state index in [2.05, 4.69) is 0 Å². The predicted molar refractivity (Wildman–Crippen MR) is 68.4 cm³/mol. The molecule has 0 aliphatic carbocycles. The third-order valence-electron chi connectivity index (χ3n) is 3.00. The van der Waals surface area contributed by atoms with Crippen LogP contribution in [0.4, 0.5) is 5.69 Å². The first-order chi connectivity index (χ1) is 8.53. The Kier molecular flexibility index (Phi) is 3.77. The van der Waals surface area contributed by atoms with Crippen molar-refractivity contribution in [2.45, 2.75) is 11.3 Å². The highest BCUT2D eigenvalue weighted by Crippen LogP contribution is 2.29. The third kappa shape index (κ3) is 2.76. The van der Waals surface area contributed by atoms with Crippen LogP contribution in [0.25, 0.3) is 0 Å². The second-order valence-electron chi connectivity index (χ2n) is 4.42. The zero-order valence-electron chi connectivity index (χ0n) is 10.3. The number of hydrogen-bond acceptors (Lipinski definition) is 5.